The molecule has 0 radical (unpaired) electrons. The summed E-state index contributed by atoms with van der Waals surface area (Å²) in [5.74, 6) is 5.67. The molecule has 0 heterocycles. The summed E-state index contributed by atoms with van der Waals surface area (Å²) in [6, 6.07) is 5.61. The maximum absolute atomic E-state index is 12.1. The molecule has 0 saturated heterocycles. The van der Waals surface area contributed by atoms with E-state index in [9.17, 15) is 4.79 Å². The summed E-state index contributed by atoms with van der Waals surface area (Å²) >= 11 is 0. The summed E-state index contributed by atoms with van der Waals surface area (Å²) in [5, 5.41) is 2.90. The first-order chi connectivity index (χ1) is 9.04. The second-order valence-corrected chi connectivity index (χ2v) is 4.59. The molecule has 0 aliphatic carbocycles. The average Bonchev–Trinajstić information content (AvgIpc) is 2.37. The number of nitrogens with one attached hydrogen (secondary N) is 1. The maximum Gasteiger partial charge on any atom is 0.251 e. The van der Waals surface area contributed by atoms with Crippen molar-refractivity contribution in [2.45, 2.75) is 6.92 Å². The van der Waals surface area contributed by atoms with E-state index < -0.39 is 0 Å². The van der Waals surface area contributed by atoms with Crippen LogP contribution in [-0.2, 0) is 0 Å². The molecular formula is C15H21N3O. The highest BCUT2D eigenvalue weighted by Gasteiger charge is 2.08. The van der Waals surface area contributed by atoms with Crippen LogP contribution < -0.4 is 11.1 Å². The topological polar surface area (TPSA) is 58.4 Å². The van der Waals surface area contributed by atoms with Crippen molar-refractivity contribution in [3.63, 3.8) is 0 Å². The Hall–Kier alpha value is -1.83. The van der Waals surface area contributed by atoms with E-state index in [2.05, 4.69) is 17.2 Å². The fourth-order valence-corrected chi connectivity index (χ4v) is 1.59. The van der Waals surface area contributed by atoms with Gasteiger partial charge in [-0.1, -0.05) is 17.9 Å². The van der Waals surface area contributed by atoms with Crippen molar-refractivity contribution in [1.82, 2.24) is 10.2 Å². The molecule has 4 nitrogen and oxygen atoms in total. The van der Waals surface area contributed by atoms with Gasteiger partial charge in [0.1, 0.15) is 0 Å². The Morgan fingerprint density at radius 2 is 2.16 bits per heavy atom. The lowest BCUT2D eigenvalue weighted by Gasteiger charge is -2.11. The molecule has 0 aliphatic rings. The van der Waals surface area contributed by atoms with E-state index in [1.165, 1.54) is 0 Å². The van der Waals surface area contributed by atoms with Crippen molar-refractivity contribution < 1.29 is 4.79 Å². The minimum Gasteiger partial charge on any atom is -0.351 e. The largest absolute Gasteiger partial charge is 0.351 e. The van der Waals surface area contributed by atoms with Gasteiger partial charge in [0.25, 0.3) is 5.91 Å². The lowest BCUT2D eigenvalue weighted by Crippen LogP contribution is -2.31. The molecule has 1 amide bonds. The predicted molar refractivity (Wildman–Crippen MR) is 78.0 cm³/mol. The van der Waals surface area contributed by atoms with E-state index in [-0.39, 0.29) is 5.91 Å². The predicted octanol–water partition coefficient (Wildman–Crippen LogP) is 0.597. The molecule has 0 fully saturated rings. The molecule has 3 N–H and O–H groups in total. The number of carbonyl (C=O) groups is 1. The van der Waals surface area contributed by atoms with Crippen molar-refractivity contribution in [1.29, 1.82) is 0 Å². The van der Waals surface area contributed by atoms with Crippen molar-refractivity contribution in [3.05, 3.63) is 34.9 Å². The van der Waals surface area contributed by atoms with Crippen molar-refractivity contribution in [3.8, 4) is 11.8 Å². The SMILES string of the molecule is Cc1ccc(C#CCN)cc1C(=O)NCCN(C)C. The second kappa shape index (κ2) is 7.57. The third kappa shape index (κ3) is 5.12. The average molecular weight is 259 g/mol. The van der Waals surface area contributed by atoms with E-state index in [1.54, 1.807) is 0 Å². The van der Waals surface area contributed by atoms with E-state index >= 15 is 0 Å². The molecule has 0 saturated carbocycles. The molecule has 19 heavy (non-hydrogen) atoms. The van der Waals surface area contributed by atoms with E-state index in [0.717, 1.165) is 17.7 Å². The zero-order valence-corrected chi connectivity index (χ0v) is 11.8. The fourth-order valence-electron chi connectivity index (χ4n) is 1.59. The molecule has 0 unspecified atom stereocenters. The second-order valence-electron chi connectivity index (χ2n) is 4.59. The minimum absolute atomic E-state index is 0.0595. The van der Waals surface area contributed by atoms with E-state index in [1.807, 2.05) is 44.1 Å². The minimum atomic E-state index is -0.0595. The van der Waals surface area contributed by atoms with Crippen molar-refractivity contribution in [2.75, 3.05) is 33.7 Å². The van der Waals surface area contributed by atoms with Crippen LogP contribution >= 0.6 is 0 Å². The van der Waals surface area contributed by atoms with Crippen LogP contribution in [0.5, 0.6) is 0 Å². The van der Waals surface area contributed by atoms with Crippen LogP contribution in [0.1, 0.15) is 21.5 Å². The molecular weight excluding hydrogens is 238 g/mol. The summed E-state index contributed by atoms with van der Waals surface area (Å²) in [7, 11) is 3.95. The Labute approximate surface area is 115 Å². The van der Waals surface area contributed by atoms with Gasteiger partial charge in [0.15, 0.2) is 0 Å². The number of likely N-dealkylation sites (N-methyl/N-ethyl adjacent to an activating group) is 1. The van der Waals surface area contributed by atoms with Crippen molar-refractivity contribution in [2.24, 2.45) is 5.73 Å². The number of nitrogens with zero attached hydrogens (tertiary/aromatic N) is 1. The first kappa shape index (κ1) is 15.2. The molecule has 0 aromatic heterocycles. The summed E-state index contributed by atoms with van der Waals surface area (Å²) in [6.45, 7) is 3.68. The maximum atomic E-state index is 12.1. The lowest BCUT2D eigenvalue weighted by atomic mass is 10.0. The standard InChI is InChI=1S/C15H21N3O/c1-12-6-7-13(5-4-8-16)11-14(12)15(19)17-9-10-18(2)3/h6-7,11H,8-10,16H2,1-3H3,(H,17,19). The van der Waals surface area contributed by atoms with Gasteiger partial charge in [-0.05, 0) is 38.7 Å². The molecule has 1 aromatic carbocycles. The van der Waals surface area contributed by atoms with Crippen LogP contribution in [0.2, 0.25) is 0 Å². The number of amides is 1. The van der Waals surface area contributed by atoms with Gasteiger partial charge < -0.3 is 16.0 Å². The zero-order valence-electron chi connectivity index (χ0n) is 11.8. The number of rotatable bonds is 4. The number of carbonyl (C=O) groups excluding carboxylic acids is 1. The Morgan fingerprint density at radius 1 is 1.42 bits per heavy atom. The van der Waals surface area contributed by atoms with Crippen LogP contribution in [0.4, 0.5) is 0 Å². The molecule has 0 bridgehead atoms. The van der Waals surface area contributed by atoms with E-state index in [0.29, 0.717) is 18.7 Å². The molecule has 0 spiro atoms. The number of nitrogens with two attached hydrogens (primary N) is 1. The first-order valence-electron chi connectivity index (χ1n) is 6.27. The number of benzene rings is 1. The van der Waals surface area contributed by atoms with Gasteiger partial charge >= 0.3 is 0 Å². The molecule has 0 atom stereocenters. The van der Waals surface area contributed by atoms with Crippen LogP contribution in [0, 0.1) is 18.8 Å². The molecule has 1 rings (SSSR count). The monoisotopic (exact) mass is 259 g/mol. The van der Waals surface area contributed by atoms with Crippen LogP contribution in [0.25, 0.3) is 0 Å². The quantitative estimate of drug-likeness (QED) is 0.778. The molecule has 0 aliphatic heterocycles. The Kier molecular flexibility index (Phi) is 6.07. The number of aryl methyl sites for hydroxylation is 1. The molecule has 102 valence electrons. The lowest BCUT2D eigenvalue weighted by molar-refractivity contribution is 0.0950. The van der Waals surface area contributed by atoms with Gasteiger partial charge in [0.05, 0.1) is 6.54 Å². The number of hydrogen-bond donors (Lipinski definition) is 2. The van der Waals surface area contributed by atoms with Crippen LogP contribution in [0.15, 0.2) is 18.2 Å². The first-order valence-corrected chi connectivity index (χ1v) is 6.27. The van der Waals surface area contributed by atoms with Gasteiger partial charge in [0.2, 0.25) is 0 Å². The van der Waals surface area contributed by atoms with Crippen molar-refractivity contribution >= 4 is 5.91 Å². The number of hydrogen-bond acceptors (Lipinski definition) is 3. The zero-order chi connectivity index (χ0) is 14.3. The molecule has 4 heteroatoms. The van der Waals surface area contributed by atoms with Gasteiger partial charge in [-0.2, -0.15) is 0 Å². The van der Waals surface area contributed by atoms with Gasteiger partial charge in [0, 0.05) is 24.2 Å². The van der Waals surface area contributed by atoms with Gasteiger partial charge in [-0.3, -0.25) is 4.79 Å². The summed E-state index contributed by atoms with van der Waals surface area (Å²) in [6.07, 6.45) is 0. The third-order valence-corrected chi connectivity index (χ3v) is 2.66. The summed E-state index contributed by atoms with van der Waals surface area (Å²) in [4.78, 5) is 14.1. The highest BCUT2D eigenvalue weighted by atomic mass is 16.1. The fraction of sp³-hybridized carbons (Fsp3) is 0.400. The normalized spacial score (nSPS) is 9.95. The summed E-state index contributed by atoms with van der Waals surface area (Å²) in [5.41, 5.74) is 7.77. The Balaban J connectivity index is 2.78. The van der Waals surface area contributed by atoms with Crippen LogP contribution in [-0.4, -0.2) is 44.5 Å². The van der Waals surface area contributed by atoms with Gasteiger partial charge in [-0.25, -0.2) is 0 Å². The third-order valence-electron chi connectivity index (χ3n) is 2.66. The smallest absolute Gasteiger partial charge is 0.251 e. The Bertz CT molecular complexity index is 498. The van der Waals surface area contributed by atoms with Crippen LogP contribution in [0.3, 0.4) is 0 Å². The summed E-state index contributed by atoms with van der Waals surface area (Å²) < 4.78 is 0. The molecule has 1 aromatic rings. The van der Waals surface area contributed by atoms with E-state index in [4.69, 9.17) is 5.73 Å². The van der Waals surface area contributed by atoms with Gasteiger partial charge in [-0.15, -0.1) is 0 Å². The highest BCUT2D eigenvalue weighted by Crippen LogP contribution is 2.10. The Morgan fingerprint density at radius 3 is 2.79 bits per heavy atom. The highest BCUT2D eigenvalue weighted by molar-refractivity contribution is 5.96.